The van der Waals surface area contributed by atoms with Crippen LogP contribution < -0.4 is 0 Å². The van der Waals surface area contributed by atoms with Crippen molar-refractivity contribution in [1.29, 1.82) is 0 Å². The highest BCUT2D eigenvalue weighted by Crippen LogP contribution is 2.44. The SMILES string of the molecule is [2H]c1c([2H])c(C([2H])([2H])[2H])c([2H])c([2H])c1-c1ccnc(-c2cc(-c3cccc4c3nc(-c3cc(C(C)C)cc(C(C)C)c3O)n4-c3ccc(-c4ccccc4)c(CC(C)C)c3)cc(C(C)(C)C)c2)c1. The Kier molecular flexibility index (Phi) is 9.13. The van der Waals surface area contributed by atoms with Crippen LogP contribution in [0.2, 0.25) is 0 Å². The minimum atomic E-state index is -2.82. The molecule has 0 amide bonds. The Morgan fingerprint density at radius 2 is 1.43 bits per heavy atom. The first-order valence-electron chi connectivity index (χ1n) is 24.9. The lowest BCUT2D eigenvalue weighted by atomic mass is 9.83. The molecule has 2 heterocycles. The van der Waals surface area contributed by atoms with E-state index in [1.807, 2.05) is 12.1 Å². The number of hydrogen-bond acceptors (Lipinski definition) is 3. The number of para-hydroxylation sites is 1. The van der Waals surface area contributed by atoms with Gasteiger partial charge in [-0.25, -0.2) is 4.98 Å². The number of imidazole rings is 1. The van der Waals surface area contributed by atoms with Crippen molar-refractivity contribution >= 4 is 11.0 Å². The fourth-order valence-corrected chi connectivity index (χ4v) is 8.19. The fourth-order valence-electron chi connectivity index (χ4n) is 8.19. The van der Waals surface area contributed by atoms with Crippen molar-refractivity contribution in [3.63, 3.8) is 0 Å². The van der Waals surface area contributed by atoms with Crippen LogP contribution in [-0.2, 0) is 11.8 Å². The molecular weight excluding hydrogens is 743 g/mol. The molecule has 0 bridgehead atoms. The zero-order chi connectivity index (χ0) is 49.1. The van der Waals surface area contributed by atoms with Gasteiger partial charge < -0.3 is 5.11 Å². The van der Waals surface area contributed by atoms with E-state index in [0.29, 0.717) is 28.6 Å². The minimum Gasteiger partial charge on any atom is -0.507 e. The molecule has 0 atom stereocenters. The van der Waals surface area contributed by atoms with Gasteiger partial charge >= 0.3 is 0 Å². The maximum absolute atomic E-state index is 12.2. The molecule has 0 unspecified atom stereocenters. The van der Waals surface area contributed by atoms with Gasteiger partial charge in [-0.2, -0.15) is 0 Å². The molecule has 61 heavy (non-hydrogen) atoms. The highest BCUT2D eigenvalue weighted by atomic mass is 16.3. The third-order valence-corrected chi connectivity index (χ3v) is 11.5. The molecule has 0 spiro atoms. The van der Waals surface area contributed by atoms with E-state index < -0.39 is 36.6 Å². The lowest BCUT2D eigenvalue weighted by Crippen LogP contribution is -2.11. The lowest BCUT2D eigenvalue weighted by molar-refractivity contribution is 0.466. The second-order valence-electron chi connectivity index (χ2n) is 18.3. The predicted octanol–water partition coefficient (Wildman–Crippen LogP) is 15.5. The molecule has 0 radical (unpaired) electrons. The highest BCUT2D eigenvalue weighted by Gasteiger charge is 2.25. The predicted molar refractivity (Wildman–Crippen MR) is 258 cm³/mol. The third kappa shape index (κ3) is 8.42. The zero-order valence-corrected chi connectivity index (χ0v) is 36.7. The van der Waals surface area contributed by atoms with E-state index in [4.69, 9.17) is 19.6 Å². The molecule has 4 nitrogen and oxygen atoms in total. The average Bonchev–Trinajstić information content (AvgIpc) is 3.67. The largest absolute Gasteiger partial charge is 0.507 e. The summed E-state index contributed by atoms with van der Waals surface area (Å²) in [6, 6.07) is 35.2. The number of pyridine rings is 1. The van der Waals surface area contributed by atoms with Gasteiger partial charge in [0.05, 0.1) is 27.8 Å². The molecule has 0 aliphatic heterocycles. The average molecular weight is 809 g/mol. The second kappa shape index (κ2) is 16.7. The summed E-state index contributed by atoms with van der Waals surface area (Å²) < 4.78 is 60.7. The quantitative estimate of drug-likeness (QED) is 0.150. The van der Waals surface area contributed by atoms with E-state index in [-0.39, 0.29) is 28.6 Å². The summed E-state index contributed by atoms with van der Waals surface area (Å²) in [5.41, 5.74) is 12.3. The van der Waals surface area contributed by atoms with Gasteiger partial charge in [0, 0.05) is 27.1 Å². The van der Waals surface area contributed by atoms with Gasteiger partial charge in [-0.05, 0) is 135 Å². The van der Waals surface area contributed by atoms with Crippen molar-refractivity contribution < 1.29 is 14.7 Å². The molecule has 2 aromatic heterocycles. The van der Waals surface area contributed by atoms with Crippen LogP contribution >= 0.6 is 0 Å². The first kappa shape index (κ1) is 33.5. The number of nitrogens with zero attached hydrogens (tertiary/aromatic N) is 3. The molecule has 6 aromatic carbocycles. The van der Waals surface area contributed by atoms with E-state index in [2.05, 4.69) is 152 Å². The molecule has 1 N–H and O–H groups in total. The van der Waals surface area contributed by atoms with Gasteiger partial charge in [0.1, 0.15) is 11.6 Å². The van der Waals surface area contributed by atoms with Crippen LogP contribution in [0.3, 0.4) is 0 Å². The van der Waals surface area contributed by atoms with Gasteiger partial charge in [-0.15, -0.1) is 0 Å². The summed E-state index contributed by atoms with van der Waals surface area (Å²) >= 11 is 0. The summed E-state index contributed by atoms with van der Waals surface area (Å²) in [6.07, 6.45) is 2.44. The van der Waals surface area contributed by atoms with Crippen LogP contribution in [0.5, 0.6) is 5.75 Å². The molecule has 308 valence electrons. The molecule has 0 aliphatic carbocycles. The Balaban J connectivity index is 1.39. The first-order valence-corrected chi connectivity index (χ1v) is 21.4. The number of phenols is 1. The standard InChI is InChI=1S/C57H59N3O/c1-35(2)27-43-31-47(23-24-48(43)40-15-12-11-13-16-40)60-53-18-14-17-49(54(53)59-56(60)51-33-42(36(3)4)32-50(37(5)6)55(51)61)44-28-45(30-46(29-44)57(8,9)10)52-34-41(25-26-58-52)39-21-19-38(7)20-22-39/h11-26,28-37,61H,27H2,1-10H3/i7D3,19D,20D,21D,22D. The summed E-state index contributed by atoms with van der Waals surface area (Å²) in [4.78, 5) is 10.3. The fraction of sp³-hybridized carbons (Fsp3) is 0.263. The Morgan fingerprint density at radius 3 is 2.11 bits per heavy atom. The van der Waals surface area contributed by atoms with Crippen molar-refractivity contribution in [3.05, 3.63) is 167 Å². The molecule has 8 aromatic rings. The number of aromatic hydroxyl groups is 1. The van der Waals surface area contributed by atoms with Gasteiger partial charge in [-0.3, -0.25) is 9.55 Å². The number of phenolic OH excluding ortho intramolecular Hbond substituents is 1. The number of benzene rings is 6. The molecule has 0 saturated carbocycles. The van der Waals surface area contributed by atoms with Crippen molar-refractivity contribution in [1.82, 2.24) is 14.5 Å². The first-order chi connectivity index (χ1) is 32.0. The van der Waals surface area contributed by atoms with Crippen LogP contribution in [0.15, 0.2) is 140 Å². The van der Waals surface area contributed by atoms with Crippen LogP contribution in [0.4, 0.5) is 0 Å². The molecule has 0 aliphatic rings. The van der Waals surface area contributed by atoms with Crippen molar-refractivity contribution in [2.45, 2.75) is 92.8 Å². The normalized spacial score (nSPS) is 13.9. The Labute approximate surface area is 372 Å². The van der Waals surface area contributed by atoms with E-state index in [9.17, 15) is 5.11 Å². The number of rotatable bonds is 10. The van der Waals surface area contributed by atoms with Gasteiger partial charge in [0.2, 0.25) is 0 Å². The zero-order valence-electron chi connectivity index (χ0n) is 43.7. The maximum Gasteiger partial charge on any atom is 0.149 e. The number of fused-ring (bicyclic) bond motifs is 1. The maximum atomic E-state index is 12.2. The van der Waals surface area contributed by atoms with E-state index in [1.54, 1.807) is 18.3 Å². The van der Waals surface area contributed by atoms with E-state index >= 15 is 0 Å². The van der Waals surface area contributed by atoms with E-state index in [0.717, 1.165) is 62.1 Å². The topological polar surface area (TPSA) is 50.9 Å². The van der Waals surface area contributed by atoms with Crippen LogP contribution in [0.1, 0.15) is 112 Å². The van der Waals surface area contributed by atoms with Gasteiger partial charge in [-0.1, -0.05) is 153 Å². The molecular formula is C57H59N3O. The Hall–Kier alpha value is -6.26. The smallest absolute Gasteiger partial charge is 0.149 e. The van der Waals surface area contributed by atoms with Crippen LogP contribution in [0, 0.1) is 12.8 Å². The van der Waals surface area contributed by atoms with Crippen molar-refractivity contribution in [2.75, 3.05) is 0 Å². The Bertz CT molecular complexity index is 3190. The second-order valence-corrected chi connectivity index (χ2v) is 18.3. The van der Waals surface area contributed by atoms with Crippen molar-refractivity contribution in [2.24, 2.45) is 5.92 Å². The monoisotopic (exact) mass is 809 g/mol. The Morgan fingerprint density at radius 1 is 0.672 bits per heavy atom. The van der Waals surface area contributed by atoms with Gasteiger partial charge in [0.25, 0.3) is 0 Å². The number of hydrogen-bond donors (Lipinski definition) is 1. The third-order valence-electron chi connectivity index (χ3n) is 11.5. The summed E-state index contributed by atoms with van der Waals surface area (Å²) in [7, 11) is 0. The molecule has 8 rings (SSSR count). The van der Waals surface area contributed by atoms with Crippen molar-refractivity contribution in [3.8, 4) is 67.5 Å². The van der Waals surface area contributed by atoms with E-state index in [1.165, 1.54) is 11.1 Å². The summed E-state index contributed by atoms with van der Waals surface area (Å²) in [6.45, 7) is 16.6. The molecule has 4 heteroatoms. The molecule has 0 saturated heterocycles. The summed E-state index contributed by atoms with van der Waals surface area (Å²) in [5, 5.41) is 12.2. The minimum absolute atomic E-state index is 0.00505. The highest BCUT2D eigenvalue weighted by molar-refractivity contribution is 5.97. The van der Waals surface area contributed by atoms with Crippen LogP contribution in [0.25, 0.3) is 72.7 Å². The van der Waals surface area contributed by atoms with Crippen LogP contribution in [-0.4, -0.2) is 19.6 Å². The number of aromatic nitrogens is 3. The van der Waals surface area contributed by atoms with Gasteiger partial charge in [0.15, 0.2) is 0 Å². The summed E-state index contributed by atoms with van der Waals surface area (Å²) in [5.74, 6) is 1.50. The molecule has 0 fully saturated rings. The lowest BCUT2D eigenvalue weighted by Gasteiger charge is -2.22.